The number of halogens is 2. The summed E-state index contributed by atoms with van der Waals surface area (Å²) in [5.41, 5.74) is 2.00. The molecule has 0 aliphatic heterocycles. The van der Waals surface area contributed by atoms with Crippen molar-refractivity contribution in [2.75, 3.05) is 0 Å². The van der Waals surface area contributed by atoms with Gasteiger partial charge >= 0.3 is 0 Å². The van der Waals surface area contributed by atoms with Crippen LogP contribution in [0.5, 0.6) is 0 Å². The molecule has 0 N–H and O–H groups in total. The summed E-state index contributed by atoms with van der Waals surface area (Å²) >= 11 is 6.13. The molecule has 3 aromatic rings. The van der Waals surface area contributed by atoms with Gasteiger partial charge in [-0.15, -0.1) is 0 Å². The molecule has 1 aromatic heterocycles. The van der Waals surface area contributed by atoms with Gasteiger partial charge in [0.1, 0.15) is 11.5 Å². The van der Waals surface area contributed by atoms with Crippen molar-refractivity contribution in [3.05, 3.63) is 71.1 Å². The fraction of sp³-hybridized carbons (Fsp3) is 0. The molecule has 104 valence electrons. The van der Waals surface area contributed by atoms with E-state index in [0.717, 1.165) is 0 Å². The van der Waals surface area contributed by atoms with E-state index in [0.29, 0.717) is 33.8 Å². The van der Waals surface area contributed by atoms with Gasteiger partial charge in [0.25, 0.3) is 0 Å². The van der Waals surface area contributed by atoms with Gasteiger partial charge in [-0.05, 0) is 24.3 Å². The number of aromatic nitrogens is 2. The molecule has 0 aliphatic rings. The normalized spacial score (nSPS) is 10.6. The first kappa shape index (κ1) is 13.5. The van der Waals surface area contributed by atoms with E-state index in [1.54, 1.807) is 30.5 Å². The van der Waals surface area contributed by atoms with Crippen molar-refractivity contribution in [1.29, 1.82) is 0 Å². The zero-order valence-corrected chi connectivity index (χ0v) is 11.6. The Morgan fingerprint density at radius 2 is 1.95 bits per heavy atom. The van der Waals surface area contributed by atoms with Gasteiger partial charge < -0.3 is 0 Å². The Hall–Kier alpha value is -2.46. The summed E-state index contributed by atoms with van der Waals surface area (Å²) in [6, 6.07) is 13.1. The van der Waals surface area contributed by atoms with Crippen LogP contribution in [0.25, 0.3) is 16.9 Å². The van der Waals surface area contributed by atoms with Crippen molar-refractivity contribution in [2.45, 2.75) is 0 Å². The zero-order valence-electron chi connectivity index (χ0n) is 10.8. The third-order valence-electron chi connectivity index (χ3n) is 3.07. The van der Waals surface area contributed by atoms with Gasteiger partial charge in [-0.1, -0.05) is 35.9 Å². The minimum absolute atomic E-state index is 0.375. The van der Waals surface area contributed by atoms with Gasteiger partial charge in [-0.3, -0.25) is 4.79 Å². The van der Waals surface area contributed by atoms with Crippen LogP contribution in [0.3, 0.4) is 0 Å². The number of carbonyl (C=O) groups excluding carboxylic acids is 1. The number of carbonyl (C=O) groups is 1. The van der Waals surface area contributed by atoms with Gasteiger partial charge in [0.05, 0.1) is 16.3 Å². The van der Waals surface area contributed by atoms with E-state index in [9.17, 15) is 9.18 Å². The number of hydrogen-bond donors (Lipinski definition) is 0. The lowest BCUT2D eigenvalue weighted by molar-refractivity contribution is 0.112. The lowest BCUT2D eigenvalue weighted by Crippen LogP contribution is -1.95. The first-order valence-corrected chi connectivity index (χ1v) is 6.62. The molecule has 0 bridgehead atoms. The second-order valence-electron chi connectivity index (χ2n) is 4.46. The molecule has 0 aliphatic carbocycles. The molecule has 1 heterocycles. The van der Waals surface area contributed by atoms with Crippen LogP contribution in [0.1, 0.15) is 10.4 Å². The van der Waals surface area contributed by atoms with Gasteiger partial charge in [-0.25, -0.2) is 9.07 Å². The van der Waals surface area contributed by atoms with Crippen molar-refractivity contribution in [3.8, 4) is 16.9 Å². The highest BCUT2D eigenvalue weighted by molar-refractivity contribution is 6.32. The zero-order chi connectivity index (χ0) is 14.8. The quantitative estimate of drug-likeness (QED) is 0.681. The third-order valence-corrected chi connectivity index (χ3v) is 3.39. The van der Waals surface area contributed by atoms with Crippen molar-refractivity contribution in [2.24, 2.45) is 0 Å². The number of aldehydes is 1. The van der Waals surface area contributed by atoms with Gasteiger partial charge in [0.15, 0.2) is 6.29 Å². The first-order valence-electron chi connectivity index (χ1n) is 6.25. The van der Waals surface area contributed by atoms with Crippen LogP contribution >= 0.6 is 11.6 Å². The van der Waals surface area contributed by atoms with Gasteiger partial charge in [0, 0.05) is 11.8 Å². The van der Waals surface area contributed by atoms with E-state index in [1.807, 2.05) is 12.1 Å². The van der Waals surface area contributed by atoms with Crippen molar-refractivity contribution in [3.63, 3.8) is 0 Å². The fourth-order valence-corrected chi connectivity index (χ4v) is 2.32. The van der Waals surface area contributed by atoms with Crippen LogP contribution in [0.2, 0.25) is 5.02 Å². The molecule has 0 spiro atoms. The first-order chi connectivity index (χ1) is 10.2. The van der Waals surface area contributed by atoms with E-state index in [4.69, 9.17) is 11.6 Å². The highest BCUT2D eigenvalue weighted by Crippen LogP contribution is 2.25. The second kappa shape index (κ2) is 5.50. The van der Waals surface area contributed by atoms with Crippen molar-refractivity contribution >= 4 is 17.9 Å². The third kappa shape index (κ3) is 2.58. The number of para-hydroxylation sites is 1. The SMILES string of the molecule is O=Cc1cn(-c2ccccc2Cl)nc1-c1cccc(F)c1. The Balaban J connectivity index is 2.15. The molecule has 0 radical (unpaired) electrons. The summed E-state index contributed by atoms with van der Waals surface area (Å²) < 4.78 is 14.9. The van der Waals surface area contributed by atoms with Crippen molar-refractivity contribution < 1.29 is 9.18 Å². The maximum Gasteiger partial charge on any atom is 0.153 e. The van der Waals surface area contributed by atoms with Crippen LogP contribution in [-0.4, -0.2) is 16.1 Å². The molecular formula is C16H10ClFN2O. The molecule has 0 fully saturated rings. The lowest BCUT2D eigenvalue weighted by Gasteiger charge is -2.03. The Morgan fingerprint density at radius 1 is 1.14 bits per heavy atom. The Bertz CT molecular complexity index is 814. The largest absolute Gasteiger partial charge is 0.298 e. The predicted octanol–water partition coefficient (Wildman–Crippen LogP) is 4.14. The molecular weight excluding hydrogens is 291 g/mol. The summed E-state index contributed by atoms with van der Waals surface area (Å²) in [6.45, 7) is 0. The summed E-state index contributed by atoms with van der Waals surface area (Å²) in [5.74, 6) is -0.378. The predicted molar refractivity (Wildman–Crippen MR) is 79.4 cm³/mol. The van der Waals surface area contributed by atoms with Crippen molar-refractivity contribution in [1.82, 2.24) is 9.78 Å². The molecule has 3 nitrogen and oxygen atoms in total. The molecule has 0 unspecified atom stereocenters. The van der Waals surface area contributed by atoms with Gasteiger partial charge in [0.2, 0.25) is 0 Å². The van der Waals surface area contributed by atoms with Crippen LogP contribution in [0.4, 0.5) is 4.39 Å². The number of nitrogens with zero attached hydrogens (tertiary/aromatic N) is 2. The summed E-state index contributed by atoms with van der Waals surface area (Å²) in [4.78, 5) is 11.2. The van der Waals surface area contributed by atoms with Crippen LogP contribution in [-0.2, 0) is 0 Å². The number of hydrogen-bond acceptors (Lipinski definition) is 2. The van der Waals surface area contributed by atoms with Crippen LogP contribution < -0.4 is 0 Å². The van der Waals surface area contributed by atoms with Gasteiger partial charge in [-0.2, -0.15) is 5.10 Å². The summed E-state index contributed by atoms with van der Waals surface area (Å²) in [7, 11) is 0. The molecule has 21 heavy (non-hydrogen) atoms. The number of benzene rings is 2. The van der Waals surface area contributed by atoms with Crippen LogP contribution in [0.15, 0.2) is 54.7 Å². The number of rotatable bonds is 3. The molecule has 5 heteroatoms. The second-order valence-corrected chi connectivity index (χ2v) is 4.86. The maximum atomic E-state index is 13.3. The summed E-state index contributed by atoms with van der Waals surface area (Å²) in [6.07, 6.45) is 2.27. The molecule has 0 atom stereocenters. The molecule has 0 saturated carbocycles. The van der Waals surface area contributed by atoms with E-state index in [2.05, 4.69) is 5.10 Å². The molecule has 0 amide bonds. The molecule has 0 saturated heterocycles. The van der Waals surface area contributed by atoms with E-state index < -0.39 is 0 Å². The van der Waals surface area contributed by atoms with E-state index in [-0.39, 0.29) is 5.82 Å². The Kier molecular flexibility index (Phi) is 3.54. The smallest absolute Gasteiger partial charge is 0.153 e. The summed E-state index contributed by atoms with van der Waals surface area (Å²) in [5, 5.41) is 4.87. The van der Waals surface area contributed by atoms with E-state index >= 15 is 0 Å². The topological polar surface area (TPSA) is 34.9 Å². The Labute approximate surface area is 125 Å². The van der Waals surface area contributed by atoms with E-state index in [1.165, 1.54) is 16.8 Å². The average molecular weight is 301 g/mol. The monoisotopic (exact) mass is 300 g/mol. The highest BCUT2D eigenvalue weighted by atomic mass is 35.5. The lowest BCUT2D eigenvalue weighted by atomic mass is 10.1. The standard InChI is InChI=1S/C16H10ClFN2O/c17-14-6-1-2-7-15(14)20-9-12(10-21)16(19-20)11-4-3-5-13(18)8-11/h1-10H. The minimum Gasteiger partial charge on any atom is -0.298 e. The van der Waals surface area contributed by atoms with Crippen LogP contribution in [0, 0.1) is 5.82 Å². The average Bonchev–Trinajstić information content (AvgIpc) is 2.92. The maximum absolute atomic E-state index is 13.3. The Morgan fingerprint density at radius 3 is 2.67 bits per heavy atom. The molecule has 2 aromatic carbocycles. The molecule has 3 rings (SSSR count). The minimum atomic E-state index is -0.378. The highest BCUT2D eigenvalue weighted by Gasteiger charge is 2.13. The fourth-order valence-electron chi connectivity index (χ4n) is 2.09.